The number of nitrogens with zero attached hydrogens (tertiary/aromatic N) is 1. The summed E-state index contributed by atoms with van der Waals surface area (Å²) in [6, 6.07) is 12.0. The maximum atomic E-state index is 9.15. The molecule has 0 unspecified atom stereocenters. The van der Waals surface area contributed by atoms with E-state index in [0.717, 1.165) is 0 Å². The van der Waals surface area contributed by atoms with E-state index in [1.807, 2.05) is 36.4 Å². The van der Waals surface area contributed by atoms with Crippen LogP contribution in [0.4, 0.5) is 0 Å². The Hall–Kier alpha value is 0.320. The van der Waals surface area contributed by atoms with E-state index in [0.29, 0.717) is 0 Å². The smallest absolute Gasteiger partial charge is 0.163 e. The van der Waals surface area contributed by atoms with Crippen molar-refractivity contribution in [2.75, 3.05) is 0 Å². The van der Waals surface area contributed by atoms with Crippen LogP contribution in [0.15, 0.2) is 39.8 Å². The molecule has 61 valence electrons. The van der Waals surface area contributed by atoms with E-state index in [2.05, 4.69) is 19.5 Å². The molecule has 0 aromatic heterocycles. The maximum Gasteiger partial charge on any atom is 0.322 e. The molecule has 0 amide bonds. The molecule has 1 aromatic carbocycles. The molecule has 0 aliphatic rings. The number of halogens is 1. The van der Waals surface area contributed by atoms with Crippen LogP contribution in [0.2, 0.25) is 0 Å². The van der Waals surface area contributed by atoms with Gasteiger partial charge in [0, 0.05) is 29.6 Å². The Morgan fingerprint density at radius 1 is 0.917 bits per heavy atom. The maximum absolute atomic E-state index is 9.15. The Morgan fingerprint density at radius 2 is 1.08 bits per heavy atom. The van der Waals surface area contributed by atoms with Crippen molar-refractivity contribution in [1.82, 2.24) is 0 Å². The molecule has 1 aromatic rings. The van der Waals surface area contributed by atoms with Crippen LogP contribution in [0.1, 0.15) is 0 Å². The minimum Gasteiger partial charge on any atom is -0.163 e. The van der Waals surface area contributed by atoms with Gasteiger partial charge in [-0.2, -0.15) is 8.42 Å². The molecule has 3 nitrogen and oxygen atoms in total. The van der Waals surface area contributed by atoms with Crippen LogP contribution < -0.4 is 0 Å². The van der Waals surface area contributed by atoms with Crippen LogP contribution in [-0.2, 0) is 10.5 Å². The predicted octanol–water partition coefficient (Wildman–Crippen LogP) is 1.66. The van der Waals surface area contributed by atoms with Gasteiger partial charge < -0.3 is 0 Å². The molecule has 0 saturated heterocycles. The van der Waals surface area contributed by atoms with Crippen molar-refractivity contribution in [2.24, 2.45) is 3.39 Å². The Kier molecular flexibility index (Phi) is 14.0. The summed E-state index contributed by atoms with van der Waals surface area (Å²) in [7, 11) is -2.28. The third kappa shape index (κ3) is 12.9. The molecule has 0 spiro atoms. The average molecular weight is 259 g/mol. The predicted molar refractivity (Wildman–Crippen MR) is 52.5 cm³/mol. The first-order chi connectivity index (χ1) is 5.27. The Balaban J connectivity index is 0. The Labute approximate surface area is 104 Å². The molecule has 12 heavy (non-hydrogen) atoms. The standard InChI is InChI=1S/C6H6.BrNO2S.Na/c1-2-4-6-5-3-1;1-2-5(3)4;/h1-6H;;. The van der Waals surface area contributed by atoms with Crippen molar-refractivity contribution < 1.29 is 8.42 Å². The van der Waals surface area contributed by atoms with E-state index >= 15 is 0 Å². The quantitative estimate of drug-likeness (QED) is 0.665. The summed E-state index contributed by atoms with van der Waals surface area (Å²) in [5.41, 5.74) is 0. The van der Waals surface area contributed by atoms with Crippen LogP contribution in [0, 0.1) is 0 Å². The van der Waals surface area contributed by atoms with Gasteiger partial charge in [-0.05, 0) is 0 Å². The van der Waals surface area contributed by atoms with Gasteiger partial charge in [0.2, 0.25) is 0 Å². The van der Waals surface area contributed by atoms with E-state index in [1.165, 1.54) is 0 Å². The fourth-order valence-corrected chi connectivity index (χ4v) is 0.385. The molecule has 0 saturated carbocycles. The molecule has 0 atom stereocenters. The van der Waals surface area contributed by atoms with E-state index < -0.39 is 10.5 Å². The average Bonchev–Trinajstić information content (AvgIpc) is 2.09. The molecule has 1 rings (SSSR count). The number of benzene rings is 1. The van der Waals surface area contributed by atoms with Gasteiger partial charge >= 0.3 is 10.5 Å². The first-order valence-corrected chi connectivity index (χ1v) is 4.43. The number of hydrogen-bond acceptors (Lipinski definition) is 3. The van der Waals surface area contributed by atoms with E-state index in [9.17, 15) is 0 Å². The second kappa shape index (κ2) is 11.3. The summed E-state index contributed by atoms with van der Waals surface area (Å²) < 4.78 is 20.9. The normalized spacial score (nSPS) is 6.75. The van der Waals surface area contributed by atoms with Gasteiger partial charge in [0.1, 0.15) is 0 Å². The summed E-state index contributed by atoms with van der Waals surface area (Å²) in [6.07, 6.45) is 0. The summed E-state index contributed by atoms with van der Waals surface area (Å²) in [5, 5.41) is 0. The molecule has 6 heteroatoms. The molecular weight excluding hydrogens is 253 g/mol. The Morgan fingerprint density at radius 3 is 1.17 bits per heavy atom. The largest absolute Gasteiger partial charge is 0.322 e. The molecule has 0 N–H and O–H groups in total. The molecule has 0 bridgehead atoms. The summed E-state index contributed by atoms with van der Waals surface area (Å²) in [4.78, 5) is 0. The van der Waals surface area contributed by atoms with Crippen molar-refractivity contribution in [3.63, 3.8) is 0 Å². The fraction of sp³-hybridized carbons (Fsp3) is 0. The van der Waals surface area contributed by atoms with Crippen molar-refractivity contribution in [3.8, 4) is 0 Å². The zero-order valence-corrected chi connectivity index (χ0v) is 10.9. The van der Waals surface area contributed by atoms with Crippen molar-refractivity contribution in [1.29, 1.82) is 0 Å². The number of hydrogen-bond donors (Lipinski definition) is 0. The van der Waals surface area contributed by atoms with Gasteiger partial charge in [0.05, 0.1) is 16.1 Å². The zero-order valence-electron chi connectivity index (χ0n) is 6.51. The Bertz CT molecular complexity index is 266. The fourth-order valence-electron chi connectivity index (χ4n) is 0.385. The van der Waals surface area contributed by atoms with Gasteiger partial charge in [0.25, 0.3) is 0 Å². The van der Waals surface area contributed by atoms with Gasteiger partial charge in [-0.1, -0.05) is 39.8 Å². The molecule has 0 heterocycles. The van der Waals surface area contributed by atoms with Crippen LogP contribution in [0.3, 0.4) is 0 Å². The molecule has 0 aliphatic heterocycles. The molecule has 0 fully saturated rings. The summed E-state index contributed by atoms with van der Waals surface area (Å²) >= 11 is 2.33. The second-order valence-electron chi connectivity index (χ2n) is 1.44. The summed E-state index contributed by atoms with van der Waals surface area (Å²) in [5.74, 6) is 0. The third-order valence-corrected chi connectivity index (χ3v) is 1.54. The summed E-state index contributed by atoms with van der Waals surface area (Å²) in [6.45, 7) is 0. The SMILES string of the molecule is O=S(=O)=NBr.[Na].c1ccccc1. The van der Waals surface area contributed by atoms with Crippen molar-refractivity contribution in [3.05, 3.63) is 36.4 Å². The minimum atomic E-state index is -2.28. The van der Waals surface area contributed by atoms with Crippen LogP contribution in [0.5, 0.6) is 0 Å². The van der Waals surface area contributed by atoms with Gasteiger partial charge in [-0.15, -0.1) is 0 Å². The molecule has 0 aliphatic carbocycles. The second-order valence-corrected chi connectivity index (χ2v) is 2.88. The molecule has 1 radical (unpaired) electrons. The van der Waals surface area contributed by atoms with Crippen LogP contribution in [0.25, 0.3) is 0 Å². The van der Waals surface area contributed by atoms with E-state index in [-0.39, 0.29) is 29.6 Å². The van der Waals surface area contributed by atoms with Crippen molar-refractivity contribution in [2.45, 2.75) is 0 Å². The zero-order chi connectivity index (χ0) is 8.53. The van der Waals surface area contributed by atoms with Crippen LogP contribution in [-0.4, -0.2) is 38.0 Å². The first kappa shape index (κ1) is 14.8. The van der Waals surface area contributed by atoms with Gasteiger partial charge in [-0.25, -0.2) is 0 Å². The monoisotopic (exact) mass is 258 g/mol. The topological polar surface area (TPSA) is 46.5 Å². The van der Waals surface area contributed by atoms with Crippen molar-refractivity contribution >= 4 is 56.2 Å². The van der Waals surface area contributed by atoms with E-state index in [1.54, 1.807) is 0 Å². The minimum absolute atomic E-state index is 0. The molecular formula is C6H6BrNNaO2S. The van der Waals surface area contributed by atoms with Crippen LogP contribution >= 0.6 is 16.1 Å². The number of rotatable bonds is 0. The van der Waals surface area contributed by atoms with E-state index in [4.69, 9.17) is 8.42 Å². The van der Waals surface area contributed by atoms with Gasteiger partial charge in [0.15, 0.2) is 0 Å². The third-order valence-electron chi connectivity index (χ3n) is 0.723. The van der Waals surface area contributed by atoms with Gasteiger partial charge in [-0.3, -0.25) is 0 Å². The first-order valence-electron chi connectivity index (χ1n) is 2.68.